The van der Waals surface area contributed by atoms with Crippen LogP contribution in [0.5, 0.6) is 5.75 Å². The van der Waals surface area contributed by atoms with Gasteiger partial charge in [0, 0.05) is 18.9 Å². The number of hydrogen-bond acceptors (Lipinski definition) is 3. The predicted molar refractivity (Wildman–Crippen MR) is 53.1 cm³/mol. The highest BCUT2D eigenvalue weighted by molar-refractivity contribution is 5.48. The van der Waals surface area contributed by atoms with E-state index in [-0.39, 0.29) is 6.23 Å². The molecule has 1 aromatic rings. The summed E-state index contributed by atoms with van der Waals surface area (Å²) in [5.41, 5.74) is 0.994. The van der Waals surface area contributed by atoms with Gasteiger partial charge in [-0.05, 0) is 19.1 Å². The summed E-state index contributed by atoms with van der Waals surface area (Å²) in [7, 11) is 3.32. The Balaban J connectivity index is 2.66. The summed E-state index contributed by atoms with van der Waals surface area (Å²) in [6.45, 7) is 1.94. The van der Waals surface area contributed by atoms with Gasteiger partial charge in [-0.1, -0.05) is 6.07 Å². The van der Waals surface area contributed by atoms with Crippen LogP contribution in [0.25, 0.3) is 0 Å². The summed E-state index contributed by atoms with van der Waals surface area (Å²) in [6.07, 6.45) is 0.00658. The highest BCUT2D eigenvalue weighted by Gasteiger charge is 1.99. The van der Waals surface area contributed by atoms with Crippen molar-refractivity contribution in [3.63, 3.8) is 0 Å². The van der Waals surface area contributed by atoms with Gasteiger partial charge in [0.25, 0.3) is 0 Å². The van der Waals surface area contributed by atoms with Gasteiger partial charge in [-0.3, -0.25) is 0 Å². The van der Waals surface area contributed by atoms with Gasteiger partial charge in [0.15, 0.2) is 0 Å². The molecule has 0 heterocycles. The molecular formula is C10H15NO2. The minimum atomic E-state index is 0.00658. The molecule has 0 aliphatic carbocycles. The zero-order valence-corrected chi connectivity index (χ0v) is 8.20. The molecule has 0 aliphatic rings. The lowest BCUT2D eigenvalue weighted by Gasteiger charge is -2.13. The fraction of sp³-hybridized carbons (Fsp3) is 0.400. The van der Waals surface area contributed by atoms with Crippen molar-refractivity contribution in [2.45, 2.75) is 13.2 Å². The standard InChI is InChI=1S/C10H15NO2/c1-8(12-2)11-9-5-4-6-10(7-9)13-3/h4-8,11H,1-3H3. The molecule has 3 nitrogen and oxygen atoms in total. The van der Waals surface area contributed by atoms with E-state index in [1.165, 1.54) is 0 Å². The quantitative estimate of drug-likeness (QED) is 0.721. The van der Waals surface area contributed by atoms with Gasteiger partial charge in [-0.2, -0.15) is 0 Å². The predicted octanol–water partition coefficient (Wildman–Crippen LogP) is 2.10. The number of methoxy groups -OCH3 is 2. The number of hydrogen-bond donors (Lipinski definition) is 1. The maximum absolute atomic E-state index is 5.09. The van der Waals surface area contributed by atoms with Gasteiger partial charge >= 0.3 is 0 Å². The van der Waals surface area contributed by atoms with E-state index in [4.69, 9.17) is 9.47 Å². The van der Waals surface area contributed by atoms with Gasteiger partial charge in [-0.15, -0.1) is 0 Å². The second kappa shape index (κ2) is 4.72. The first-order valence-electron chi connectivity index (χ1n) is 4.19. The van der Waals surface area contributed by atoms with E-state index in [9.17, 15) is 0 Å². The molecule has 1 atom stereocenters. The molecule has 1 aromatic carbocycles. The first kappa shape index (κ1) is 9.86. The summed E-state index contributed by atoms with van der Waals surface area (Å²) < 4.78 is 10.2. The van der Waals surface area contributed by atoms with Crippen LogP contribution in [-0.4, -0.2) is 20.4 Å². The number of nitrogens with one attached hydrogen (secondary N) is 1. The van der Waals surface area contributed by atoms with Crippen LogP contribution >= 0.6 is 0 Å². The first-order chi connectivity index (χ1) is 6.26. The minimum absolute atomic E-state index is 0.00658. The molecule has 1 N–H and O–H groups in total. The fourth-order valence-electron chi connectivity index (χ4n) is 1.01. The lowest BCUT2D eigenvalue weighted by Crippen LogP contribution is -2.16. The molecule has 0 saturated heterocycles. The van der Waals surface area contributed by atoms with Gasteiger partial charge < -0.3 is 14.8 Å². The van der Waals surface area contributed by atoms with Crippen LogP contribution in [0.15, 0.2) is 24.3 Å². The molecule has 0 aromatic heterocycles. The zero-order chi connectivity index (χ0) is 9.68. The third kappa shape index (κ3) is 2.95. The summed E-state index contributed by atoms with van der Waals surface area (Å²) in [5.74, 6) is 0.841. The smallest absolute Gasteiger partial charge is 0.124 e. The molecule has 0 radical (unpaired) electrons. The van der Waals surface area contributed by atoms with Crippen molar-refractivity contribution in [2.75, 3.05) is 19.5 Å². The Hall–Kier alpha value is -1.22. The summed E-state index contributed by atoms with van der Waals surface area (Å²) in [4.78, 5) is 0. The van der Waals surface area contributed by atoms with Crippen LogP contribution in [0.3, 0.4) is 0 Å². The summed E-state index contributed by atoms with van der Waals surface area (Å²) >= 11 is 0. The molecule has 1 rings (SSSR count). The van der Waals surface area contributed by atoms with Crippen molar-refractivity contribution in [3.8, 4) is 5.75 Å². The lowest BCUT2D eigenvalue weighted by molar-refractivity contribution is 0.141. The SMILES string of the molecule is COc1cccc(NC(C)OC)c1. The molecule has 0 saturated carbocycles. The number of anilines is 1. The van der Waals surface area contributed by atoms with Crippen LogP contribution in [-0.2, 0) is 4.74 Å². The molecule has 0 aliphatic heterocycles. The van der Waals surface area contributed by atoms with Crippen molar-refractivity contribution in [3.05, 3.63) is 24.3 Å². The van der Waals surface area contributed by atoms with Crippen molar-refractivity contribution < 1.29 is 9.47 Å². The van der Waals surface area contributed by atoms with Crippen LogP contribution < -0.4 is 10.1 Å². The number of benzene rings is 1. The summed E-state index contributed by atoms with van der Waals surface area (Å²) in [6, 6.07) is 7.74. The molecule has 0 spiro atoms. The maximum Gasteiger partial charge on any atom is 0.124 e. The van der Waals surface area contributed by atoms with Crippen molar-refractivity contribution in [1.29, 1.82) is 0 Å². The molecule has 0 bridgehead atoms. The average Bonchev–Trinajstić information content (AvgIpc) is 2.18. The van der Waals surface area contributed by atoms with Crippen LogP contribution in [0.2, 0.25) is 0 Å². The van der Waals surface area contributed by atoms with E-state index in [0.717, 1.165) is 11.4 Å². The van der Waals surface area contributed by atoms with Crippen LogP contribution in [0.4, 0.5) is 5.69 Å². The topological polar surface area (TPSA) is 30.5 Å². The highest BCUT2D eigenvalue weighted by Crippen LogP contribution is 2.17. The largest absolute Gasteiger partial charge is 0.497 e. The first-order valence-corrected chi connectivity index (χ1v) is 4.19. The van der Waals surface area contributed by atoms with E-state index in [1.807, 2.05) is 31.2 Å². The van der Waals surface area contributed by atoms with Crippen molar-refractivity contribution in [2.24, 2.45) is 0 Å². The normalized spacial score (nSPS) is 12.2. The highest BCUT2D eigenvalue weighted by atomic mass is 16.5. The van der Waals surface area contributed by atoms with Crippen molar-refractivity contribution >= 4 is 5.69 Å². The zero-order valence-electron chi connectivity index (χ0n) is 8.20. The second-order valence-electron chi connectivity index (χ2n) is 2.75. The minimum Gasteiger partial charge on any atom is -0.497 e. The van der Waals surface area contributed by atoms with Gasteiger partial charge in [-0.25, -0.2) is 0 Å². The van der Waals surface area contributed by atoms with Crippen LogP contribution in [0, 0.1) is 0 Å². The Labute approximate surface area is 78.7 Å². The Morgan fingerprint density at radius 3 is 2.69 bits per heavy atom. The Morgan fingerprint density at radius 1 is 1.31 bits per heavy atom. The second-order valence-corrected chi connectivity index (χ2v) is 2.75. The van der Waals surface area contributed by atoms with E-state index >= 15 is 0 Å². The Bertz CT molecular complexity index is 263. The van der Waals surface area contributed by atoms with E-state index in [2.05, 4.69) is 5.32 Å². The number of ether oxygens (including phenoxy) is 2. The average molecular weight is 181 g/mol. The fourth-order valence-corrected chi connectivity index (χ4v) is 1.01. The molecule has 72 valence electrons. The molecular weight excluding hydrogens is 166 g/mol. The molecule has 13 heavy (non-hydrogen) atoms. The molecule has 0 amide bonds. The molecule has 1 unspecified atom stereocenters. The van der Waals surface area contributed by atoms with Gasteiger partial charge in [0.05, 0.1) is 7.11 Å². The lowest BCUT2D eigenvalue weighted by atomic mass is 10.3. The van der Waals surface area contributed by atoms with E-state index in [1.54, 1.807) is 14.2 Å². The number of rotatable bonds is 4. The molecule has 0 fully saturated rings. The maximum atomic E-state index is 5.09. The van der Waals surface area contributed by atoms with Gasteiger partial charge in [0.2, 0.25) is 0 Å². The monoisotopic (exact) mass is 181 g/mol. The Morgan fingerprint density at radius 2 is 2.08 bits per heavy atom. The van der Waals surface area contributed by atoms with Crippen LogP contribution in [0.1, 0.15) is 6.92 Å². The summed E-state index contributed by atoms with van der Waals surface area (Å²) in [5, 5.41) is 3.16. The third-order valence-electron chi connectivity index (χ3n) is 1.79. The van der Waals surface area contributed by atoms with E-state index in [0.29, 0.717) is 0 Å². The Kier molecular flexibility index (Phi) is 3.58. The molecule has 3 heteroatoms. The van der Waals surface area contributed by atoms with Crippen molar-refractivity contribution in [1.82, 2.24) is 0 Å². The van der Waals surface area contributed by atoms with E-state index < -0.39 is 0 Å². The van der Waals surface area contributed by atoms with Gasteiger partial charge in [0.1, 0.15) is 12.0 Å². The third-order valence-corrected chi connectivity index (χ3v) is 1.79.